The minimum Gasteiger partial charge on any atom is -0.376 e. The summed E-state index contributed by atoms with van der Waals surface area (Å²) >= 11 is 1.20. The zero-order chi connectivity index (χ0) is 13.0. The molecule has 1 amide bonds. The molecule has 18 heavy (non-hydrogen) atoms. The second-order valence-corrected chi connectivity index (χ2v) is 5.62. The number of carbonyl (C=O) groups excluding carboxylic acids is 1. The third kappa shape index (κ3) is 3.49. The van der Waals surface area contributed by atoms with Gasteiger partial charge >= 0.3 is 0 Å². The fraction of sp³-hybridized carbons (Fsp3) is 0.750. The van der Waals surface area contributed by atoms with E-state index in [1.807, 2.05) is 0 Å². The molecule has 2 rings (SSSR count). The normalized spacial score (nSPS) is 19.7. The molecule has 0 aromatic carbocycles. The molecule has 1 atom stereocenters. The van der Waals surface area contributed by atoms with Gasteiger partial charge in [-0.25, -0.2) is 0 Å². The van der Waals surface area contributed by atoms with Crippen LogP contribution in [0.5, 0.6) is 0 Å². The number of hydrogen-bond acceptors (Lipinski definition) is 5. The Morgan fingerprint density at radius 3 is 3.17 bits per heavy atom. The predicted molar refractivity (Wildman–Crippen MR) is 69.6 cm³/mol. The lowest BCUT2D eigenvalue weighted by Gasteiger charge is -2.15. The van der Waals surface area contributed by atoms with Gasteiger partial charge in [0, 0.05) is 25.1 Å². The average molecular weight is 269 g/mol. The molecule has 100 valence electrons. The Hall–Kier alpha value is -1.01. The van der Waals surface area contributed by atoms with E-state index in [9.17, 15) is 4.79 Å². The monoisotopic (exact) mass is 269 g/mol. The molecule has 0 aliphatic carbocycles. The molecule has 1 aliphatic heterocycles. The van der Waals surface area contributed by atoms with E-state index >= 15 is 0 Å². The van der Waals surface area contributed by atoms with Gasteiger partial charge in [0.1, 0.15) is 0 Å². The van der Waals surface area contributed by atoms with Crippen molar-refractivity contribution in [2.24, 2.45) is 5.92 Å². The lowest BCUT2D eigenvalue weighted by molar-refractivity contribution is 0.0482. The van der Waals surface area contributed by atoms with Gasteiger partial charge in [-0.05, 0) is 30.3 Å². The summed E-state index contributed by atoms with van der Waals surface area (Å²) in [5, 5.41) is 5.50. The van der Waals surface area contributed by atoms with Crippen molar-refractivity contribution in [3.8, 4) is 0 Å². The molecule has 0 N–H and O–H groups in total. The van der Waals surface area contributed by atoms with Crippen LogP contribution >= 0.6 is 11.5 Å². The molecular formula is C12H19N3O2S. The SMILES string of the molecule is CC(C)CCOC1CCN(C(=O)c2csnn2)C1. The molecule has 0 radical (unpaired) electrons. The van der Waals surface area contributed by atoms with E-state index in [4.69, 9.17) is 4.74 Å². The third-order valence-electron chi connectivity index (χ3n) is 3.06. The first-order valence-corrected chi connectivity index (χ1v) is 7.18. The number of ether oxygens (including phenoxy) is 1. The van der Waals surface area contributed by atoms with Crippen LogP contribution in [0.1, 0.15) is 37.2 Å². The van der Waals surface area contributed by atoms with E-state index in [0.717, 1.165) is 26.0 Å². The Labute approximate surface area is 111 Å². The van der Waals surface area contributed by atoms with Crippen molar-refractivity contribution in [3.05, 3.63) is 11.1 Å². The molecule has 1 aromatic rings. The molecule has 5 nitrogen and oxygen atoms in total. The molecule has 1 unspecified atom stereocenters. The zero-order valence-electron chi connectivity index (χ0n) is 10.8. The minimum atomic E-state index is -0.0290. The molecular weight excluding hydrogens is 250 g/mol. The summed E-state index contributed by atoms with van der Waals surface area (Å²) in [6.07, 6.45) is 2.17. The summed E-state index contributed by atoms with van der Waals surface area (Å²) in [5.41, 5.74) is 0.447. The highest BCUT2D eigenvalue weighted by atomic mass is 32.1. The summed E-state index contributed by atoms with van der Waals surface area (Å²) in [6, 6.07) is 0. The van der Waals surface area contributed by atoms with E-state index < -0.39 is 0 Å². The Morgan fingerprint density at radius 1 is 1.67 bits per heavy atom. The van der Waals surface area contributed by atoms with Gasteiger partial charge in [-0.15, -0.1) is 5.10 Å². The van der Waals surface area contributed by atoms with E-state index in [-0.39, 0.29) is 12.0 Å². The van der Waals surface area contributed by atoms with Gasteiger partial charge in [0.2, 0.25) is 0 Å². The van der Waals surface area contributed by atoms with E-state index in [0.29, 0.717) is 18.2 Å². The van der Waals surface area contributed by atoms with Crippen LogP contribution in [0.4, 0.5) is 0 Å². The Kier molecular flexibility index (Phi) is 4.66. The summed E-state index contributed by atoms with van der Waals surface area (Å²) < 4.78 is 9.50. The fourth-order valence-corrected chi connectivity index (χ4v) is 2.37. The van der Waals surface area contributed by atoms with Crippen LogP contribution in [0.15, 0.2) is 5.38 Å². The van der Waals surface area contributed by atoms with Crippen molar-refractivity contribution in [1.29, 1.82) is 0 Å². The first-order chi connectivity index (χ1) is 8.66. The van der Waals surface area contributed by atoms with E-state index in [2.05, 4.69) is 23.4 Å². The van der Waals surface area contributed by atoms with Crippen molar-refractivity contribution in [3.63, 3.8) is 0 Å². The molecule has 1 aromatic heterocycles. The second-order valence-electron chi connectivity index (χ2n) is 5.01. The highest BCUT2D eigenvalue weighted by Gasteiger charge is 2.28. The number of nitrogens with zero attached hydrogens (tertiary/aromatic N) is 3. The van der Waals surface area contributed by atoms with Crippen molar-refractivity contribution >= 4 is 17.4 Å². The summed E-state index contributed by atoms with van der Waals surface area (Å²) in [7, 11) is 0. The number of hydrogen-bond donors (Lipinski definition) is 0. The molecule has 0 spiro atoms. The highest BCUT2D eigenvalue weighted by Crippen LogP contribution is 2.16. The van der Waals surface area contributed by atoms with Crippen LogP contribution in [-0.2, 0) is 4.74 Å². The topological polar surface area (TPSA) is 55.3 Å². The maximum atomic E-state index is 12.0. The van der Waals surface area contributed by atoms with Gasteiger partial charge in [0.05, 0.1) is 6.10 Å². The van der Waals surface area contributed by atoms with Crippen LogP contribution in [-0.4, -0.2) is 46.2 Å². The molecule has 1 aliphatic rings. The van der Waals surface area contributed by atoms with Gasteiger partial charge in [0.15, 0.2) is 5.69 Å². The predicted octanol–water partition coefficient (Wildman–Crippen LogP) is 1.82. The van der Waals surface area contributed by atoms with Gasteiger partial charge in [-0.2, -0.15) is 0 Å². The molecule has 2 heterocycles. The van der Waals surface area contributed by atoms with Crippen molar-refractivity contribution in [2.75, 3.05) is 19.7 Å². The van der Waals surface area contributed by atoms with Gasteiger partial charge < -0.3 is 9.64 Å². The van der Waals surface area contributed by atoms with Crippen LogP contribution in [0, 0.1) is 5.92 Å². The standard InChI is InChI=1S/C12H19N3O2S/c1-9(2)4-6-17-10-3-5-15(7-10)12(16)11-8-18-14-13-11/h8-10H,3-7H2,1-2H3. The molecule has 1 fully saturated rings. The lowest BCUT2D eigenvalue weighted by atomic mass is 10.1. The fourth-order valence-electron chi connectivity index (χ4n) is 1.94. The molecule has 6 heteroatoms. The highest BCUT2D eigenvalue weighted by molar-refractivity contribution is 7.03. The first-order valence-electron chi connectivity index (χ1n) is 6.34. The number of likely N-dealkylation sites (tertiary alicyclic amines) is 1. The maximum absolute atomic E-state index is 12.0. The van der Waals surface area contributed by atoms with Crippen LogP contribution in [0.2, 0.25) is 0 Å². The third-order valence-corrected chi connectivity index (χ3v) is 3.56. The van der Waals surface area contributed by atoms with Crippen molar-refractivity contribution in [2.45, 2.75) is 32.8 Å². The van der Waals surface area contributed by atoms with Gasteiger partial charge in [0.25, 0.3) is 5.91 Å². The number of carbonyl (C=O) groups is 1. The number of rotatable bonds is 5. The van der Waals surface area contributed by atoms with Gasteiger partial charge in [-0.3, -0.25) is 4.79 Å². The molecule has 1 saturated heterocycles. The van der Waals surface area contributed by atoms with E-state index in [1.165, 1.54) is 11.5 Å². The van der Waals surface area contributed by atoms with Crippen LogP contribution in [0.25, 0.3) is 0 Å². The zero-order valence-corrected chi connectivity index (χ0v) is 11.7. The Morgan fingerprint density at radius 2 is 2.50 bits per heavy atom. The second kappa shape index (κ2) is 6.24. The maximum Gasteiger partial charge on any atom is 0.275 e. The summed E-state index contributed by atoms with van der Waals surface area (Å²) in [6.45, 7) is 6.58. The van der Waals surface area contributed by atoms with Crippen LogP contribution < -0.4 is 0 Å². The Balaban J connectivity index is 1.76. The first kappa shape index (κ1) is 13.4. The van der Waals surface area contributed by atoms with Gasteiger partial charge in [-0.1, -0.05) is 18.3 Å². The lowest BCUT2D eigenvalue weighted by Crippen LogP contribution is -2.30. The molecule has 0 saturated carbocycles. The average Bonchev–Trinajstić information content (AvgIpc) is 2.99. The number of aromatic nitrogens is 2. The quantitative estimate of drug-likeness (QED) is 0.818. The molecule has 0 bridgehead atoms. The largest absolute Gasteiger partial charge is 0.376 e. The van der Waals surface area contributed by atoms with Crippen molar-refractivity contribution < 1.29 is 9.53 Å². The summed E-state index contributed by atoms with van der Waals surface area (Å²) in [4.78, 5) is 13.8. The summed E-state index contributed by atoms with van der Waals surface area (Å²) in [5.74, 6) is 0.629. The van der Waals surface area contributed by atoms with Crippen molar-refractivity contribution in [1.82, 2.24) is 14.5 Å². The minimum absolute atomic E-state index is 0.0290. The Bertz CT molecular complexity index is 381. The van der Waals surface area contributed by atoms with Crippen LogP contribution in [0.3, 0.4) is 0 Å². The van der Waals surface area contributed by atoms with E-state index in [1.54, 1.807) is 10.3 Å². The number of amides is 1. The smallest absolute Gasteiger partial charge is 0.275 e.